The zero-order valence-corrected chi connectivity index (χ0v) is 12.8. The van der Waals surface area contributed by atoms with Crippen molar-refractivity contribution in [2.75, 3.05) is 6.54 Å². The zero-order valence-electron chi connectivity index (χ0n) is 12.0. The number of nitrogens with zero attached hydrogens (tertiary/aromatic N) is 1. The molecule has 1 aromatic rings. The normalized spacial score (nSPS) is 16.4. The molecule has 1 unspecified atom stereocenters. The van der Waals surface area contributed by atoms with Crippen LogP contribution in [0.3, 0.4) is 0 Å². The highest BCUT2D eigenvalue weighted by molar-refractivity contribution is 7.11. The van der Waals surface area contributed by atoms with Crippen LogP contribution >= 0.6 is 11.3 Å². The van der Waals surface area contributed by atoms with Gasteiger partial charge in [0.15, 0.2) is 0 Å². The maximum atomic E-state index is 11.5. The Morgan fingerprint density at radius 2 is 2.21 bits per heavy atom. The molecule has 2 N–H and O–H groups in total. The van der Waals surface area contributed by atoms with Gasteiger partial charge in [-0.3, -0.25) is 4.79 Å². The third kappa shape index (κ3) is 4.58. The summed E-state index contributed by atoms with van der Waals surface area (Å²) in [5.74, 6) is 0.192. The second-order valence-corrected chi connectivity index (χ2v) is 6.70. The van der Waals surface area contributed by atoms with Gasteiger partial charge in [-0.2, -0.15) is 0 Å². The molecule has 2 rings (SSSR count). The minimum Gasteiger partial charge on any atom is -0.353 e. The van der Waals surface area contributed by atoms with Gasteiger partial charge in [-0.15, -0.1) is 11.3 Å². The molecule has 0 aliphatic heterocycles. The van der Waals surface area contributed by atoms with E-state index >= 15 is 0 Å². The van der Waals surface area contributed by atoms with Gasteiger partial charge in [0, 0.05) is 23.4 Å². The first-order valence-electron chi connectivity index (χ1n) is 7.03. The van der Waals surface area contributed by atoms with Crippen LogP contribution in [-0.2, 0) is 4.79 Å². The maximum absolute atomic E-state index is 11.5. The van der Waals surface area contributed by atoms with E-state index in [0.717, 1.165) is 36.5 Å². The molecular formula is C14H23N3OS. The van der Waals surface area contributed by atoms with Crippen LogP contribution in [0, 0.1) is 13.8 Å². The number of rotatable bonds is 7. The van der Waals surface area contributed by atoms with Gasteiger partial charge in [-0.05, 0) is 46.6 Å². The van der Waals surface area contributed by atoms with Crippen molar-refractivity contribution in [3.63, 3.8) is 0 Å². The summed E-state index contributed by atoms with van der Waals surface area (Å²) in [6.07, 6.45) is 3.81. The quantitative estimate of drug-likeness (QED) is 0.755. The fourth-order valence-corrected chi connectivity index (χ4v) is 3.05. The van der Waals surface area contributed by atoms with Gasteiger partial charge >= 0.3 is 0 Å². The number of aryl methyl sites for hydroxylation is 2. The van der Waals surface area contributed by atoms with E-state index in [9.17, 15) is 4.79 Å². The topological polar surface area (TPSA) is 54.0 Å². The third-order valence-electron chi connectivity index (χ3n) is 3.32. The van der Waals surface area contributed by atoms with Gasteiger partial charge in [-0.25, -0.2) is 4.98 Å². The summed E-state index contributed by atoms with van der Waals surface area (Å²) < 4.78 is 0. The standard InChI is InChI=1S/C14H23N3OS/c1-9(14-10(2)19-11(3)16-14)15-8-4-5-13(18)17-12-6-7-12/h9,12,15H,4-8H2,1-3H3,(H,17,18). The highest BCUT2D eigenvalue weighted by Gasteiger charge is 2.22. The third-order valence-corrected chi connectivity index (χ3v) is 4.23. The van der Waals surface area contributed by atoms with Crippen LogP contribution in [0.25, 0.3) is 0 Å². The number of nitrogens with one attached hydrogen (secondary N) is 2. The van der Waals surface area contributed by atoms with Crippen LogP contribution in [0.5, 0.6) is 0 Å². The molecule has 1 aromatic heterocycles. The van der Waals surface area contributed by atoms with Crippen molar-refractivity contribution >= 4 is 17.2 Å². The lowest BCUT2D eigenvalue weighted by molar-refractivity contribution is -0.121. The van der Waals surface area contributed by atoms with Crippen LogP contribution in [0.4, 0.5) is 0 Å². The van der Waals surface area contributed by atoms with E-state index < -0.39 is 0 Å². The molecular weight excluding hydrogens is 258 g/mol. The molecule has 1 aliphatic rings. The molecule has 1 aliphatic carbocycles. The molecule has 4 nitrogen and oxygen atoms in total. The average Bonchev–Trinajstić information content (AvgIpc) is 3.08. The van der Waals surface area contributed by atoms with Gasteiger partial charge in [0.2, 0.25) is 5.91 Å². The van der Waals surface area contributed by atoms with Crippen molar-refractivity contribution in [2.45, 2.75) is 58.5 Å². The number of hydrogen-bond donors (Lipinski definition) is 2. The van der Waals surface area contributed by atoms with Gasteiger partial charge < -0.3 is 10.6 Å². The Morgan fingerprint density at radius 3 is 2.79 bits per heavy atom. The van der Waals surface area contributed by atoms with Crippen LogP contribution in [0.1, 0.15) is 54.2 Å². The molecule has 0 spiro atoms. The van der Waals surface area contributed by atoms with E-state index in [1.165, 1.54) is 4.88 Å². The predicted molar refractivity (Wildman–Crippen MR) is 78.4 cm³/mol. The van der Waals surface area contributed by atoms with Crippen molar-refractivity contribution in [3.8, 4) is 0 Å². The van der Waals surface area contributed by atoms with E-state index in [-0.39, 0.29) is 11.9 Å². The number of amides is 1. The van der Waals surface area contributed by atoms with Gasteiger partial charge in [0.1, 0.15) is 0 Å². The largest absolute Gasteiger partial charge is 0.353 e. The van der Waals surface area contributed by atoms with Crippen LogP contribution in [0.2, 0.25) is 0 Å². The minimum atomic E-state index is 0.192. The summed E-state index contributed by atoms with van der Waals surface area (Å²) in [5.41, 5.74) is 1.14. The first-order valence-corrected chi connectivity index (χ1v) is 7.84. The Labute approximate surface area is 119 Å². The molecule has 1 heterocycles. The van der Waals surface area contributed by atoms with Gasteiger partial charge in [0.25, 0.3) is 0 Å². The lowest BCUT2D eigenvalue weighted by Crippen LogP contribution is -2.27. The summed E-state index contributed by atoms with van der Waals surface area (Å²) in [4.78, 5) is 17.3. The number of aromatic nitrogens is 1. The number of carbonyl (C=O) groups excluding carboxylic acids is 1. The van der Waals surface area contributed by atoms with E-state index in [1.54, 1.807) is 11.3 Å². The fraction of sp³-hybridized carbons (Fsp3) is 0.714. The second kappa shape index (κ2) is 6.48. The molecule has 106 valence electrons. The molecule has 0 aromatic carbocycles. The highest BCUT2D eigenvalue weighted by atomic mass is 32.1. The van der Waals surface area contributed by atoms with Crippen molar-refractivity contribution in [2.24, 2.45) is 0 Å². The van der Waals surface area contributed by atoms with Gasteiger partial charge in [0.05, 0.1) is 10.7 Å². The van der Waals surface area contributed by atoms with Crippen LogP contribution < -0.4 is 10.6 Å². The zero-order chi connectivity index (χ0) is 13.8. The summed E-state index contributed by atoms with van der Waals surface area (Å²) in [5, 5.41) is 7.57. The highest BCUT2D eigenvalue weighted by Crippen LogP contribution is 2.22. The first-order chi connectivity index (χ1) is 9.06. The lowest BCUT2D eigenvalue weighted by Gasteiger charge is -2.12. The molecule has 1 atom stereocenters. The lowest BCUT2D eigenvalue weighted by atomic mass is 10.2. The van der Waals surface area contributed by atoms with Crippen molar-refractivity contribution in [1.82, 2.24) is 15.6 Å². The number of thiazole rings is 1. The SMILES string of the molecule is Cc1nc(C(C)NCCCC(=O)NC2CC2)c(C)s1. The van der Waals surface area contributed by atoms with E-state index in [1.807, 2.05) is 6.92 Å². The van der Waals surface area contributed by atoms with Crippen molar-refractivity contribution < 1.29 is 4.79 Å². The van der Waals surface area contributed by atoms with Crippen molar-refractivity contribution in [1.29, 1.82) is 0 Å². The monoisotopic (exact) mass is 281 g/mol. The summed E-state index contributed by atoms with van der Waals surface area (Å²) >= 11 is 1.74. The van der Waals surface area contributed by atoms with Crippen LogP contribution in [0.15, 0.2) is 0 Å². The fourth-order valence-electron chi connectivity index (χ4n) is 2.14. The Kier molecular flexibility index (Phi) is 4.93. The smallest absolute Gasteiger partial charge is 0.220 e. The molecule has 0 radical (unpaired) electrons. The first kappa shape index (κ1) is 14.5. The molecule has 1 saturated carbocycles. The van der Waals surface area contributed by atoms with Crippen molar-refractivity contribution in [3.05, 3.63) is 15.6 Å². The summed E-state index contributed by atoms with van der Waals surface area (Å²) in [7, 11) is 0. The Balaban J connectivity index is 1.64. The van der Waals surface area contributed by atoms with E-state index in [0.29, 0.717) is 12.5 Å². The van der Waals surface area contributed by atoms with E-state index in [2.05, 4.69) is 29.5 Å². The summed E-state index contributed by atoms with van der Waals surface area (Å²) in [6.45, 7) is 7.14. The molecule has 5 heteroatoms. The Bertz CT molecular complexity index is 440. The molecule has 1 fully saturated rings. The Hall–Kier alpha value is -0.940. The average molecular weight is 281 g/mol. The molecule has 0 saturated heterocycles. The van der Waals surface area contributed by atoms with E-state index in [4.69, 9.17) is 0 Å². The minimum absolute atomic E-state index is 0.192. The number of carbonyl (C=O) groups is 1. The summed E-state index contributed by atoms with van der Waals surface area (Å²) in [6, 6.07) is 0.733. The number of hydrogen-bond acceptors (Lipinski definition) is 4. The maximum Gasteiger partial charge on any atom is 0.220 e. The Morgan fingerprint density at radius 1 is 1.47 bits per heavy atom. The second-order valence-electron chi connectivity index (χ2n) is 5.30. The molecule has 19 heavy (non-hydrogen) atoms. The molecule has 1 amide bonds. The molecule has 0 bridgehead atoms. The van der Waals surface area contributed by atoms with Crippen LogP contribution in [-0.4, -0.2) is 23.5 Å². The van der Waals surface area contributed by atoms with Gasteiger partial charge in [-0.1, -0.05) is 0 Å². The predicted octanol–water partition coefficient (Wildman–Crippen LogP) is 2.47.